The van der Waals surface area contributed by atoms with Crippen molar-refractivity contribution in [1.82, 2.24) is 0 Å². The molecule has 0 rings (SSSR count). The predicted octanol–water partition coefficient (Wildman–Crippen LogP) is 1.16. The average Bonchev–Trinajstić information content (AvgIpc) is 2.25. The third-order valence-corrected chi connectivity index (χ3v) is 2.55. The van der Waals surface area contributed by atoms with E-state index in [2.05, 4.69) is 30.2 Å². The van der Waals surface area contributed by atoms with Gasteiger partial charge in [0.2, 0.25) is 0 Å². The van der Waals surface area contributed by atoms with Gasteiger partial charge in [0, 0.05) is 5.75 Å². The molecule has 86 valence electrons. The Morgan fingerprint density at radius 2 is 2.20 bits per heavy atom. The molecule has 0 aromatic heterocycles. The summed E-state index contributed by atoms with van der Waals surface area (Å²) in [6.45, 7) is 2.34. The van der Waals surface area contributed by atoms with Gasteiger partial charge in [-0.25, -0.2) is 9.79 Å². The lowest BCUT2D eigenvalue weighted by molar-refractivity contribution is -0.135. The van der Waals surface area contributed by atoms with Gasteiger partial charge in [-0.1, -0.05) is 13.3 Å². The largest absolute Gasteiger partial charge is 0.461 e. The summed E-state index contributed by atoms with van der Waals surface area (Å²) < 4.78 is 4.76. The zero-order valence-electron chi connectivity index (χ0n) is 8.55. The van der Waals surface area contributed by atoms with Crippen LogP contribution in [0.25, 0.3) is 0 Å². The highest BCUT2D eigenvalue weighted by Gasteiger charge is 2.10. The molecule has 0 aliphatic carbocycles. The Morgan fingerprint density at radius 1 is 1.53 bits per heavy atom. The van der Waals surface area contributed by atoms with Crippen LogP contribution in [0.15, 0.2) is 4.99 Å². The average molecular weight is 249 g/mol. The number of esters is 1. The monoisotopic (exact) mass is 249 g/mol. The van der Waals surface area contributed by atoms with Crippen LogP contribution in [0, 0.1) is 0 Å². The molecule has 0 spiro atoms. The van der Waals surface area contributed by atoms with E-state index >= 15 is 0 Å². The van der Waals surface area contributed by atoms with E-state index in [4.69, 9.17) is 4.74 Å². The molecule has 0 fully saturated rings. The van der Waals surface area contributed by atoms with Crippen LogP contribution in [0.3, 0.4) is 0 Å². The number of carbonyl (C=O) groups is 2. The normalized spacial score (nSPS) is 12.7. The minimum Gasteiger partial charge on any atom is -0.461 e. The first-order chi connectivity index (χ1) is 7.11. The maximum atomic E-state index is 11.1. The number of hydrogen-bond acceptors (Lipinski definition) is 5. The Labute approximate surface area is 100 Å². The summed E-state index contributed by atoms with van der Waals surface area (Å²) in [5, 5.41) is -0.576. The van der Waals surface area contributed by atoms with Crippen LogP contribution in [0.1, 0.15) is 19.8 Å². The highest BCUT2D eigenvalue weighted by Crippen LogP contribution is 1.99. The molecule has 4 nitrogen and oxygen atoms in total. The first kappa shape index (κ1) is 14.5. The van der Waals surface area contributed by atoms with Crippen LogP contribution in [0.5, 0.6) is 0 Å². The molecule has 1 unspecified atom stereocenters. The van der Waals surface area contributed by atoms with Gasteiger partial charge in [-0.05, 0) is 6.42 Å². The van der Waals surface area contributed by atoms with Crippen LogP contribution < -0.4 is 0 Å². The smallest absolute Gasteiger partial charge is 0.349 e. The SMILES string of the molecule is CCCCOC(=O)C=NC(=O)C(S)CS. The summed E-state index contributed by atoms with van der Waals surface area (Å²) in [7, 11) is 0. The maximum Gasteiger partial charge on any atom is 0.349 e. The van der Waals surface area contributed by atoms with Gasteiger partial charge in [-0.15, -0.1) is 0 Å². The van der Waals surface area contributed by atoms with E-state index in [1.165, 1.54) is 0 Å². The van der Waals surface area contributed by atoms with E-state index in [-0.39, 0.29) is 5.75 Å². The molecule has 6 heteroatoms. The van der Waals surface area contributed by atoms with Gasteiger partial charge < -0.3 is 4.74 Å². The summed E-state index contributed by atoms with van der Waals surface area (Å²) in [5.41, 5.74) is 0. The first-order valence-electron chi connectivity index (χ1n) is 4.65. The van der Waals surface area contributed by atoms with Gasteiger partial charge in [0.05, 0.1) is 11.9 Å². The Kier molecular flexibility index (Phi) is 8.50. The standard InChI is InChI=1S/C9H15NO3S2/c1-2-3-4-13-8(11)5-10-9(12)7(15)6-14/h5,7,14-15H,2-4,6H2,1H3. The van der Waals surface area contributed by atoms with Gasteiger partial charge in [-0.3, -0.25) is 4.79 Å². The molecule has 1 amide bonds. The van der Waals surface area contributed by atoms with Crippen molar-refractivity contribution >= 4 is 43.3 Å². The number of carbonyl (C=O) groups excluding carboxylic acids is 2. The molecule has 0 bridgehead atoms. The molecule has 0 heterocycles. The molecule has 0 saturated heterocycles. The van der Waals surface area contributed by atoms with Crippen molar-refractivity contribution in [3.8, 4) is 0 Å². The third kappa shape index (κ3) is 7.44. The van der Waals surface area contributed by atoms with Gasteiger partial charge in [0.25, 0.3) is 5.91 Å². The second-order valence-electron chi connectivity index (χ2n) is 2.82. The predicted molar refractivity (Wildman–Crippen MR) is 66.0 cm³/mol. The lowest BCUT2D eigenvalue weighted by Gasteiger charge is -2.00. The Balaban J connectivity index is 3.84. The van der Waals surface area contributed by atoms with E-state index in [1.54, 1.807) is 0 Å². The van der Waals surface area contributed by atoms with Crippen molar-refractivity contribution < 1.29 is 14.3 Å². The first-order valence-corrected chi connectivity index (χ1v) is 5.80. The van der Waals surface area contributed by atoms with E-state index in [1.807, 2.05) is 6.92 Å². The van der Waals surface area contributed by atoms with E-state index < -0.39 is 17.1 Å². The summed E-state index contributed by atoms with van der Waals surface area (Å²) in [6, 6.07) is 0. The number of thiol groups is 2. The summed E-state index contributed by atoms with van der Waals surface area (Å²) in [6.07, 6.45) is 2.63. The van der Waals surface area contributed by atoms with Crippen molar-refractivity contribution in [2.75, 3.05) is 12.4 Å². The summed E-state index contributed by atoms with van der Waals surface area (Å²) in [4.78, 5) is 25.5. The molecule has 0 aliphatic heterocycles. The fourth-order valence-corrected chi connectivity index (χ4v) is 0.858. The van der Waals surface area contributed by atoms with Crippen LogP contribution in [0.2, 0.25) is 0 Å². The Hall–Kier alpha value is -0.490. The number of rotatable bonds is 6. The van der Waals surface area contributed by atoms with Crippen LogP contribution in [-0.2, 0) is 14.3 Å². The molecule has 0 aromatic carbocycles. The summed E-state index contributed by atoms with van der Waals surface area (Å²) >= 11 is 7.80. The minimum absolute atomic E-state index is 0.282. The molecule has 15 heavy (non-hydrogen) atoms. The number of amides is 1. The minimum atomic E-state index is -0.600. The highest BCUT2D eigenvalue weighted by atomic mass is 32.1. The molecule has 0 radical (unpaired) electrons. The highest BCUT2D eigenvalue weighted by molar-refractivity contribution is 7.85. The third-order valence-electron chi connectivity index (χ3n) is 1.50. The Morgan fingerprint density at radius 3 is 2.73 bits per heavy atom. The second-order valence-corrected chi connectivity index (χ2v) is 3.80. The zero-order valence-corrected chi connectivity index (χ0v) is 10.3. The van der Waals surface area contributed by atoms with Gasteiger partial charge >= 0.3 is 5.97 Å². The number of aliphatic imine (C=N–C) groups is 1. The molecule has 0 aliphatic rings. The van der Waals surface area contributed by atoms with Crippen molar-refractivity contribution in [2.24, 2.45) is 4.99 Å². The van der Waals surface area contributed by atoms with Crippen molar-refractivity contribution in [1.29, 1.82) is 0 Å². The number of ether oxygens (including phenoxy) is 1. The molecular formula is C9H15NO3S2. The van der Waals surface area contributed by atoms with E-state index in [0.29, 0.717) is 6.61 Å². The van der Waals surface area contributed by atoms with Gasteiger partial charge in [-0.2, -0.15) is 25.3 Å². The van der Waals surface area contributed by atoms with Crippen LogP contribution >= 0.6 is 25.3 Å². The second kappa shape index (κ2) is 8.79. The fourth-order valence-electron chi connectivity index (χ4n) is 0.635. The van der Waals surface area contributed by atoms with Crippen LogP contribution in [0.4, 0.5) is 0 Å². The number of unbranched alkanes of at least 4 members (excludes halogenated alkanes) is 1. The quantitative estimate of drug-likeness (QED) is 0.321. The van der Waals surface area contributed by atoms with Crippen molar-refractivity contribution in [2.45, 2.75) is 25.0 Å². The topological polar surface area (TPSA) is 55.7 Å². The molecule has 0 saturated carbocycles. The fraction of sp³-hybridized carbons (Fsp3) is 0.667. The van der Waals surface area contributed by atoms with Gasteiger partial charge in [0.1, 0.15) is 6.21 Å². The van der Waals surface area contributed by atoms with Crippen LogP contribution in [-0.4, -0.2) is 35.7 Å². The number of hydrogen-bond donors (Lipinski definition) is 2. The Bertz CT molecular complexity index is 244. The lowest BCUT2D eigenvalue weighted by atomic mass is 10.4. The van der Waals surface area contributed by atoms with Gasteiger partial charge in [0.15, 0.2) is 0 Å². The lowest BCUT2D eigenvalue weighted by Crippen LogP contribution is -2.15. The van der Waals surface area contributed by atoms with Crippen molar-refractivity contribution in [3.63, 3.8) is 0 Å². The molecule has 0 N–H and O–H groups in total. The molecule has 0 aromatic rings. The van der Waals surface area contributed by atoms with E-state index in [9.17, 15) is 9.59 Å². The maximum absolute atomic E-state index is 11.1. The van der Waals surface area contributed by atoms with Crippen molar-refractivity contribution in [3.05, 3.63) is 0 Å². The van der Waals surface area contributed by atoms with E-state index in [0.717, 1.165) is 19.1 Å². The molecular weight excluding hydrogens is 234 g/mol. The molecule has 1 atom stereocenters. The summed E-state index contributed by atoms with van der Waals surface area (Å²) in [5.74, 6) is -0.804. The number of nitrogens with zero attached hydrogens (tertiary/aromatic N) is 1. The zero-order chi connectivity index (χ0) is 11.7.